The molecule has 0 amide bonds. The minimum Gasteiger partial charge on any atom is -0.496 e. The minimum atomic E-state index is -0.962. The summed E-state index contributed by atoms with van der Waals surface area (Å²) in [5, 5.41) is 8.77. The van der Waals surface area contributed by atoms with Crippen LogP contribution in [0.4, 0.5) is 5.69 Å². The Morgan fingerprint density at radius 3 is 2.58 bits per heavy atom. The molecule has 1 atom stereocenters. The van der Waals surface area contributed by atoms with Crippen LogP contribution in [-0.2, 0) is 4.79 Å². The Labute approximate surface area is 114 Å². The third kappa shape index (κ3) is 3.61. The predicted octanol–water partition coefficient (Wildman–Crippen LogP) is 1.55. The summed E-state index contributed by atoms with van der Waals surface area (Å²) in [5.74, 6) is -0.104. The Bertz CT molecular complexity index is 460. The van der Waals surface area contributed by atoms with E-state index in [1.807, 2.05) is 37.9 Å². The molecular formula is C14H22N2O3. The van der Waals surface area contributed by atoms with E-state index in [9.17, 15) is 4.79 Å². The van der Waals surface area contributed by atoms with Crippen LogP contribution < -0.4 is 15.4 Å². The van der Waals surface area contributed by atoms with Crippen molar-refractivity contribution in [3.05, 3.63) is 23.3 Å². The first-order valence-electron chi connectivity index (χ1n) is 6.22. The zero-order chi connectivity index (χ0) is 14.6. The van der Waals surface area contributed by atoms with Gasteiger partial charge in [0, 0.05) is 19.3 Å². The van der Waals surface area contributed by atoms with Crippen molar-refractivity contribution in [1.29, 1.82) is 0 Å². The summed E-state index contributed by atoms with van der Waals surface area (Å²) in [4.78, 5) is 12.7. The Morgan fingerprint density at radius 1 is 1.42 bits per heavy atom. The molecule has 0 saturated heterocycles. The molecule has 0 fully saturated rings. The van der Waals surface area contributed by atoms with Crippen molar-refractivity contribution < 1.29 is 14.6 Å². The lowest BCUT2D eigenvalue weighted by atomic mass is 10.1. The topological polar surface area (TPSA) is 75.8 Å². The van der Waals surface area contributed by atoms with Crippen LogP contribution in [0.25, 0.3) is 0 Å². The number of rotatable bonds is 6. The highest BCUT2D eigenvalue weighted by Crippen LogP contribution is 2.29. The van der Waals surface area contributed by atoms with Crippen molar-refractivity contribution in [3.8, 4) is 5.75 Å². The number of benzene rings is 1. The molecule has 1 aromatic carbocycles. The third-order valence-corrected chi connectivity index (χ3v) is 3.43. The Hall–Kier alpha value is -1.75. The number of nitrogens with two attached hydrogens (primary N) is 1. The summed E-state index contributed by atoms with van der Waals surface area (Å²) in [6.07, 6.45) is 0.413. The van der Waals surface area contributed by atoms with E-state index in [4.69, 9.17) is 15.6 Å². The van der Waals surface area contributed by atoms with Gasteiger partial charge in [-0.3, -0.25) is 4.79 Å². The smallest absolute Gasteiger partial charge is 0.320 e. The Kier molecular flexibility index (Phi) is 5.18. The molecule has 0 aliphatic rings. The van der Waals surface area contributed by atoms with Gasteiger partial charge in [-0.1, -0.05) is 0 Å². The average molecular weight is 266 g/mol. The van der Waals surface area contributed by atoms with Crippen molar-refractivity contribution >= 4 is 11.7 Å². The summed E-state index contributed by atoms with van der Waals surface area (Å²) in [6, 6.07) is 3.08. The molecule has 1 rings (SSSR count). The lowest BCUT2D eigenvalue weighted by Gasteiger charge is -2.24. The minimum absolute atomic E-state index is 0.413. The van der Waals surface area contributed by atoms with Crippen molar-refractivity contribution in [2.75, 3.05) is 25.6 Å². The Morgan fingerprint density at radius 2 is 2.05 bits per heavy atom. The van der Waals surface area contributed by atoms with Crippen LogP contribution in [0.15, 0.2) is 12.1 Å². The second kappa shape index (κ2) is 6.43. The summed E-state index contributed by atoms with van der Waals surface area (Å²) >= 11 is 0. The molecule has 0 heterocycles. The maximum absolute atomic E-state index is 10.7. The van der Waals surface area contributed by atoms with Crippen molar-refractivity contribution in [3.63, 3.8) is 0 Å². The van der Waals surface area contributed by atoms with E-state index in [2.05, 4.69) is 0 Å². The monoisotopic (exact) mass is 266 g/mol. The number of carboxylic acids is 1. The molecule has 1 unspecified atom stereocenters. The van der Waals surface area contributed by atoms with Crippen LogP contribution in [0.2, 0.25) is 0 Å². The van der Waals surface area contributed by atoms with Crippen LogP contribution in [0.3, 0.4) is 0 Å². The van der Waals surface area contributed by atoms with Gasteiger partial charge in [0.2, 0.25) is 0 Å². The first-order chi connectivity index (χ1) is 8.88. The van der Waals surface area contributed by atoms with E-state index in [0.717, 1.165) is 22.6 Å². The van der Waals surface area contributed by atoms with E-state index in [1.165, 1.54) is 0 Å². The molecular weight excluding hydrogens is 244 g/mol. The molecule has 0 bridgehead atoms. The number of carbonyl (C=O) groups is 1. The summed E-state index contributed by atoms with van der Waals surface area (Å²) < 4.78 is 5.27. The molecule has 19 heavy (non-hydrogen) atoms. The van der Waals surface area contributed by atoms with Gasteiger partial charge in [-0.2, -0.15) is 0 Å². The Balaban J connectivity index is 2.80. The lowest BCUT2D eigenvalue weighted by molar-refractivity contribution is -0.138. The van der Waals surface area contributed by atoms with E-state index in [0.29, 0.717) is 13.0 Å². The van der Waals surface area contributed by atoms with Gasteiger partial charge in [0.1, 0.15) is 11.8 Å². The molecule has 5 heteroatoms. The number of methoxy groups -OCH3 is 1. The molecule has 0 spiro atoms. The molecule has 106 valence electrons. The second-order valence-corrected chi connectivity index (χ2v) is 4.69. The molecule has 0 radical (unpaired) electrons. The second-order valence-electron chi connectivity index (χ2n) is 4.69. The number of aliphatic carboxylic acids is 1. The highest BCUT2D eigenvalue weighted by Gasteiger charge is 2.14. The average Bonchev–Trinajstić information content (AvgIpc) is 2.38. The van der Waals surface area contributed by atoms with E-state index in [1.54, 1.807) is 7.11 Å². The number of anilines is 1. The van der Waals surface area contributed by atoms with Crippen LogP contribution in [0.1, 0.15) is 17.5 Å². The summed E-state index contributed by atoms with van der Waals surface area (Å²) in [6.45, 7) is 4.63. The van der Waals surface area contributed by atoms with Crippen LogP contribution in [0, 0.1) is 13.8 Å². The molecule has 0 aliphatic carbocycles. The highest BCUT2D eigenvalue weighted by atomic mass is 16.5. The summed E-state index contributed by atoms with van der Waals surface area (Å²) in [7, 11) is 3.58. The van der Waals surface area contributed by atoms with Crippen molar-refractivity contribution in [2.45, 2.75) is 26.3 Å². The molecule has 1 aromatic rings. The van der Waals surface area contributed by atoms with Gasteiger partial charge in [0.15, 0.2) is 0 Å². The molecule has 0 saturated carbocycles. The fourth-order valence-electron chi connectivity index (χ4n) is 1.99. The molecule has 3 N–H and O–H groups in total. The van der Waals surface area contributed by atoms with Gasteiger partial charge in [-0.25, -0.2) is 0 Å². The van der Waals surface area contributed by atoms with Crippen LogP contribution in [-0.4, -0.2) is 37.8 Å². The standard InChI is InChI=1S/C14H22N2O3/c1-9-10(2)13(19-4)6-5-12(9)16(3)8-7-11(15)14(17)18/h5-6,11H,7-8,15H2,1-4H3,(H,17,18). The zero-order valence-electron chi connectivity index (χ0n) is 11.9. The first kappa shape index (κ1) is 15.3. The van der Waals surface area contributed by atoms with Gasteiger partial charge in [-0.15, -0.1) is 0 Å². The predicted molar refractivity (Wildman–Crippen MR) is 76.0 cm³/mol. The van der Waals surface area contributed by atoms with Crippen LogP contribution >= 0.6 is 0 Å². The largest absolute Gasteiger partial charge is 0.496 e. The maximum atomic E-state index is 10.7. The third-order valence-electron chi connectivity index (χ3n) is 3.43. The number of carboxylic acid groups (broad SMARTS) is 1. The molecule has 0 aliphatic heterocycles. The van der Waals surface area contributed by atoms with Gasteiger partial charge >= 0.3 is 5.97 Å². The molecule has 0 aromatic heterocycles. The van der Waals surface area contributed by atoms with E-state index in [-0.39, 0.29) is 0 Å². The fraction of sp³-hybridized carbons (Fsp3) is 0.500. The van der Waals surface area contributed by atoms with Gasteiger partial charge in [0.05, 0.1) is 7.11 Å². The van der Waals surface area contributed by atoms with E-state index < -0.39 is 12.0 Å². The zero-order valence-corrected chi connectivity index (χ0v) is 11.9. The van der Waals surface area contributed by atoms with Gasteiger partial charge in [0.25, 0.3) is 0 Å². The van der Waals surface area contributed by atoms with Gasteiger partial charge in [-0.05, 0) is 43.5 Å². The van der Waals surface area contributed by atoms with E-state index >= 15 is 0 Å². The maximum Gasteiger partial charge on any atom is 0.320 e. The summed E-state index contributed by atoms with van der Waals surface area (Å²) in [5.41, 5.74) is 8.80. The first-order valence-corrected chi connectivity index (χ1v) is 6.22. The molecule has 5 nitrogen and oxygen atoms in total. The lowest BCUT2D eigenvalue weighted by Crippen LogP contribution is -2.34. The quantitative estimate of drug-likeness (QED) is 0.817. The van der Waals surface area contributed by atoms with Crippen molar-refractivity contribution in [2.24, 2.45) is 5.73 Å². The number of ether oxygens (including phenoxy) is 1. The highest BCUT2D eigenvalue weighted by molar-refractivity contribution is 5.73. The van der Waals surface area contributed by atoms with Gasteiger partial charge < -0.3 is 20.5 Å². The number of hydrogen-bond acceptors (Lipinski definition) is 4. The number of nitrogens with zero attached hydrogens (tertiary/aromatic N) is 1. The normalized spacial score (nSPS) is 12.1. The fourth-order valence-corrected chi connectivity index (χ4v) is 1.99. The SMILES string of the molecule is COc1ccc(N(C)CCC(N)C(=O)O)c(C)c1C. The number of hydrogen-bond donors (Lipinski definition) is 2. The van der Waals surface area contributed by atoms with Crippen molar-refractivity contribution in [1.82, 2.24) is 0 Å². The van der Waals surface area contributed by atoms with Crippen LogP contribution in [0.5, 0.6) is 5.75 Å².